The van der Waals surface area contributed by atoms with Gasteiger partial charge in [0.1, 0.15) is 0 Å². The molecule has 0 aliphatic carbocycles. The summed E-state index contributed by atoms with van der Waals surface area (Å²) >= 11 is 1.14. The average Bonchev–Trinajstić information content (AvgIpc) is 2.79. The number of hydrogen-bond donors (Lipinski definition) is 1. The van der Waals surface area contributed by atoms with Gasteiger partial charge >= 0.3 is 6.09 Å². The summed E-state index contributed by atoms with van der Waals surface area (Å²) in [7, 11) is 1.21. The number of amidine groups is 1. The van der Waals surface area contributed by atoms with Crippen molar-refractivity contribution in [2.45, 2.75) is 6.92 Å². The SMILES string of the molecule is COC(=O)N=C1SCC(=O)N1c1ccccc1NC(C)=O. The number of methoxy groups -OCH3 is 1. The summed E-state index contributed by atoms with van der Waals surface area (Å²) in [6.07, 6.45) is -0.783. The summed E-state index contributed by atoms with van der Waals surface area (Å²) in [5.74, 6) is -0.307. The van der Waals surface area contributed by atoms with Crippen LogP contribution in [0.2, 0.25) is 0 Å². The number of nitrogens with one attached hydrogen (secondary N) is 1. The molecule has 8 heteroatoms. The highest BCUT2D eigenvalue weighted by Gasteiger charge is 2.32. The van der Waals surface area contributed by atoms with Gasteiger partial charge < -0.3 is 10.1 Å². The first kappa shape index (κ1) is 15.0. The van der Waals surface area contributed by atoms with E-state index in [1.54, 1.807) is 24.3 Å². The quantitative estimate of drug-likeness (QED) is 0.900. The molecule has 1 heterocycles. The molecule has 2 rings (SSSR count). The zero-order valence-corrected chi connectivity index (χ0v) is 12.3. The van der Waals surface area contributed by atoms with E-state index in [0.29, 0.717) is 11.4 Å². The van der Waals surface area contributed by atoms with Crippen LogP contribution in [0.25, 0.3) is 0 Å². The fraction of sp³-hybridized carbons (Fsp3) is 0.231. The topological polar surface area (TPSA) is 88.1 Å². The number of anilines is 2. The number of amides is 3. The molecule has 1 aromatic carbocycles. The molecule has 110 valence electrons. The number of benzene rings is 1. The van der Waals surface area contributed by atoms with Crippen molar-refractivity contribution in [3.8, 4) is 0 Å². The van der Waals surface area contributed by atoms with Crippen molar-refractivity contribution in [3.05, 3.63) is 24.3 Å². The highest BCUT2D eigenvalue weighted by molar-refractivity contribution is 8.15. The van der Waals surface area contributed by atoms with Crippen LogP contribution in [0, 0.1) is 0 Å². The van der Waals surface area contributed by atoms with Gasteiger partial charge in [-0.1, -0.05) is 23.9 Å². The van der Waals surface area contributed by atoms with Gasteiger partial charge in [-0.3, -0.25) is 14.5 Å². The third-order valence-electron chi connectivity index (χ3n) is 2.58. The summed E-state index contributed by atoms with van der Waals surface area (Å²) in [5, 5.41) is 2.87. The maximum Gasteiger partial charge on any atom is 0.435 e. The van der Waals surface area contributed by atoms with Crippen LogP contribution in [-0.4, -0.2) is 35.9 Å². The number of hydrogen-bond acceptors (Lipinski definition) is 5. The van der Waals surface area contributed by atoms with Gasteiger partial charge in [-0.15, -0.1) is 0 Å². The Kier molecular flexibility index (Phi) is 4.59. The molecule has 0 radical (unpaired) electrons. The number of thioether (sulfide) groups is 1. The lowest BCUT2D eigenvalue weighted by Crippen LogP contribution is -2.30. The van der Waals surface area contributed by atoms with Crippen molar-refractivity contribution in [2.24, 2.45) is 4.99 Å². The first-order valence-corrected chi connectivity index (χ1v) is 7.00. The van der Waals surface area contributed by atoms with Crippen LogP contribution in [0.15, 0.2) is 29.3 Å². The second kappa shape index (κ2) is 6.40. The molecule has 3 amide bonds. The van der Waals surface area contributed by atoms with E-state index in [2.05, 4.69) is 15.0 Å². The van der Waals surface area contributed by atoms with Crippen LogP contribution in [-0.2, 0) is 14.3 Å². The van der Waals surface area contributed by atoms with Gasteiger partial charge in [0, 0.05) is 6.92 Å². The second-order valence-corrected chi connectivity index (χ2v) is 5.02. The van der Waals surface area contributed by atoms with Crippen LogP contribution in [0.1, 0.15) is 6.92 Å². The third kappa shape index (κ3) is 3.40. The summed E-state index contributed by atoms with van der Waals surface area (Å²) in [6.45, 7) is 1.38. The molecule has 1 fully saturated rings. The number of nitrogens with zero attached hydrogens (tertiary/aromatic N) is 2. The molecule has 0 unspecified atom stereocenters. The Morgan fingerprint density at radius 1 is 1.38 bits per heavy atom. The molecule has 0 saturated carbocycles. The van der Waals surface area contributed by atoms with Gasteiger partial charge in [0.15, 0.2) is 5.17 Å². The van der Waals surface area contributed by atoms with Crippen molar-refractivity contribution < 1.29 is 19.1 Å². The van der Waals surface area contributed by atoms with E-state index >= 15 is 0 Å². The fourth-order valence-corrected chi connectivity index (χ4v) is 2.62. The Balaban J connectivity index is 2.43. The number of aliphatic imine (C=N–C) groups is 1. The van der Waals surface area contributed by atoms with E-state index in [1.165, 1.54) is 18.9 Å². The molecule has 1 aromatic rings. The maximum atomic E-state index is 12.1. The first-order valence-electron chi connectivity index (χ1n) is 6.02. The van der Waals surface area contributed by atoms with Crippen molar-refractivity contribution in [3.63, 3.8) is 0 Å². The van der Waals surface area contributed by atoms with E-state index < -0.39 is 6.09 Å². The van der Waals surface area contributed by atoms with Crippen molar-refractivity contribution in [2.75, 3.05) is 23.1 Å². The predicted octanol–water partition coefficient (Wildman–Crippen LogP) is 1.85. The Morgan fingerprint density at radius 3 is 2.76 bits per heavy atom. The standard InChI is InChI=1S/C13H13N3O4S/c1-8(17)14-9-5-3-4-6-10(9)16-11(18)7-21-12(16)15-13(19)20-2/h3-6H,7H2,1-2H3,(H,14,17). The highest BCUT2D eigenvalue weighted by atomic mass is 32.2. The second-order valence-electron chi connectivity index (χ2n) is 4.08. The summed E-state index contributed by atoms with van der Waals surface area (Å²) in [6, 6.07) is 6.80. The number of carbonyl (C=O) groups is 3. The molecule has 0 spiro atoms. The Hall–Kier alpha value is -2.35. The van der Waals surface area contributed by atoms with Gasteiger partial charge in [-0.2, -0.15) is 4.99 Å². The predicted molar refractivity (Wildman–Crippen MR) is 80.5 cm³/mol. The van der Waals surface area contributed by atoms with Gasteiger partial charge in [0.25, 0.3) is 0 Å². The molecule has 21 heavy (non-hydrogen) atoms. The molecule has 7 nitrogen and oxygen atoms in total. The highest BCUT2D eigenvalue weighted by Crippen LogP contribution is 2.32. The number of ether oxygens (including phenoxy) is 1. The number of para-hydroxylation sites is 2. The van der Waals surface area contributed by atoms with Crippen LogP contribution >= 0.6 is 11.8 Å². The third-order valence-corrected chi connectivity index (χ3v) is 3.51. The zero-order chi connectivity index (χ0) is 15.4. The summed E-state index contributed by atoms with van der Waals surface area (Å²) in [4.78, 5) is 39.6. The van der Waals surface area contributed by atoms with Crippen LogP contribution in [0.4, 0.5) is 16.2 Å². The van der Waals surface area contributed by atoms with Gasteiger partial charge in [-0.25, -0.2) is 4.79 Å². The number of carbonyl (C=O) groups excluding carboxylic acids is 3. The van der Waals surface area contributed by atoms with E-state index in [4.69, 9.17) is 0 Å². The van der Waals surface area contributed by atoms with Crippen LogP contribution in [0.5, 0.6) is 0 Å². The Morgan fingerprint density at radius 2 is 2.10 bits per heavy atom. The minimum atomic E-state index is -0.783. The van der Waals surface area contributed by atoms with E-state index in [-0.39, 0.29) is 22.7 Å². The fourth-order valence-electron chi connectivity index (χ4n) is 1.77. The lowest BCUT2D eigenvalue weighted by atomic mass is 10.2. The molecule has 1 aliphatic rings. The van der Waals surface area contributed by atoms with Crippen LogP contribution < -0.4 is 10.2 Å². The molecule has 1 saturated heterocycles. The normalized spacial score (nSPS) is 16.2. The van der Waals surface area contributed by atoms with Crippen LogP contribution in [0.3, 0.4) is 0 Å². The Bertz CT molecular complexity index is 630. The van der Waals surface area contributed by atoms with E-state index in [0.717, 1.165) is 11.8 Å². The molecule has 1 aliphatic heterocycles. The van der Waals surface area contributed by atoms with Crippen molar-refractivity contribution in [1.82, 2.24) is 0 Å². The zero-order valence-electron chi connectivity index (χ0n) is 11.5. The first-order chi connectivity index (χ1) is 10.0. The Labute approximate surface area is 125 Å². The van der Waals surface area contributed by atoms with Crippen molar-refractivity contribution in [1.29, 1.82) is 0 Å². The monoisotopic (exact) mass is 307 g/mol. The average molecular weight is 307 g/mol. The minimum absolute atomic E-state index is 0.171. The lowest BCUT2D eigenvalue weighted by molar-refractivity contribution is -0.115. The van der Waals surface area contributed by atoms with E-state index in [1.807, 2.05) is 0 Å². The van der Waals surface area contributed by atoms with Gasteiger partial charge in [-0.05, 0) is 12.1 Å². The molecule has 0 aromatic heterocycles. The molecule has 1 N–H and O–H groups in total. The molecule has 0 atom stereocenters. The summed E-state index contributed by atoms with van der Waals surface area (Å²) < 4.78 is 4.48. The lowest BCUT2D eigenvalue weighted by Gasteiger charge is -2.19. The summed E-state index contributed by atoms with van der Waals surface area (Å²) in [5.41, 5.74) is 0.934. The smallest absolute Gasteiger partial charge is 0.435 e. The van der Waals surface area contributed by atoms with Gasteiger partial charge in [0.05, 0.1) is 24.2 Å². The van der Waals surface area contributed by atoms with Crippen molar-refractivity contribution >= 4 is 46.2 Å². The van der Waals surface area contributed by atoms with E-state index in [9.17, 15) is 14.4 Å². The molecular formula is C13H13N3O4S. The molecule has 0 bridgehead atoms. The largest absolute Gasteiger partial charge is 0.451 e. The molecular weight excluding hydrogens is 294 g/mol. The minimum Gasteiger partial charge on any atom is -0.451 e. The van der Waals surface area contributed by atoms with Gasteiger partial charge in [0.2, 0.25) is 11.8 Å². The number of rotatable bonds is 2. The maximum absolute atomic E-state index is 12.1.